The first-order chi connectivity index (χ1) is 9.31. The summed E-state index contributed by atoms with van der Waals surface area (Å²) in [5, 5.41) is 25.2. The molecule has 110 valence electrons. The van der Waals surface area contributed by atoms with Crippen LogP contribution in [0.15, 0.2) is 18.2 Å². The van der Waals surface area contributed by atoms with E-state index in [-0.39, 0.29) is 12.3 Å². The highest BCUT2D eigenvalue weighted by atomic mass is 16.6. The summed E-state index contributed by atoms with van der Waals surface area (Å²) in [6, 6.07) is 3.95. The summed E-state index contributed by atoms with van der Waals surface area (Å²) in [5.74, 6) is 0. The van der Waals surface area contributed by atoms with Gasteiger partial charge in [0.25, 0.3) is 5.69 Å². The molecule has 1 rings (SSSR count). The average Bonchev–Trinajstić information content (AvgIpc) is 2.40. The topological polar surface area (TPSA) is 104 Å². The Morgan fingerprint density at radius 1 is 1.50 bits per heavy atom. The quantitative estimate of drug-likeness (QED) is 0.568. The molecule has 1 aromatic carbocycles. The van der Waals surface area contributed by atoms with Gasteiger partial charge in [0, 0.05) is 17.3 Å². The number of hydrogen-bond donors (Lipinski definition) is 3. The van der Waals surface area contributed by atoms with E-state index in [9.17, 15) is 20.0 Å². The van der Waals surface area contributed by atoms with Crippen LogP contribution in [0, 0.1) is 17.0 Å². The number of aliphatic hydroxyl groups is 1. The zero-order valence-corrected chi connectivity index (χ0v) is 11.8. The monoisotopic (exact) mass is 281 g/mol. The smallest absolute Gasteiger partial charge is 0.319 e. The third-order valence-corrected chi connectivity index (χ3v) is 3.21. The largest absolute Gasteiger partial charge is 0.394 e. The summed E-state index contributed by atoms with van der Waals surface area (Å²) in [4.78, 5) is 22.1. The van der Waals surface area contributed by atoms with Crippen molar-refractivity contribution in [2.75, 3.05) is 11.9 Å². The second-order valence-electron chi connectivity index (χ2n) is 4.91. The second kappa shape index (κ2) is 6.33. The number of benzene rings is 1. The summed E-state index contributed by atoms with van der Waals surface area (Å²) < 4.78 is 0. The van der Waals surface area contributed by atoms with E-state index in [1.54, 1.807) is 26.0 Å². The van der Waals surface area contributed by atoms with Crippen molar-refractivity contribution in [1.29, 1.82) is 0 Å². The number of hydrogen-bond acceptors (Lipinski definition) is 4. The number of amides is 2. The van der Waals surface area contributed by atoms with E-state index < -0.39 is 16.5 Å². The molecular weight excluding hydrogens is 262 g/mol. The number of nitrogens with one attached hydrogen (secondary N) is 2. The van der Waals surface area contributed by atoms with Crippen molar-refractivity contribution >= 4 is 17.4 Å². The molecule has 20 heavy (non-hydrogen) atoms. The van der Waals surface area contributed by atoms with Gasteiger partial charge in [0.05, 0.1) is 17.1 Å². The van der Waals surface area contributed by atoms with Gasteiger partial charge in [-0.1, -0.05) is 13.0 Å². The van der Waals surface area contributed by atoms with Crippen molar-refractivity contribution in [3.8, 4) is 0 Å². The lowest BCUT2D eigenvalue weighted by molar-refractivity contribution is -0.385. The van der Waals surface area contributed by atoms with E-state index in [2.05, 4.69) is 10.6 Å². The van der Waals surface area contributed by atoms with Gasteiger partial charge in [0.1, 0.15) is 0 Å². The van der Waals surface area contributed by atoms with Gasteiger partial charge in [-0.15, -0.1) is 0 Å². The van der Waals surface area contributed by atoms with Crippen LogP contribution in [0.1, 0.15) is 25.8 Å². The first kappa shape index (κ1) is 15.9. The van der Waals surface area contributed by atoms with Gasteiger partial charge in [-0.2, -0.15) is 0 Å². The van der Waals surface area contributed by atoms with Crippen LogP contribution in [-0.2, 0) is 0 Å². The van der Waals surface area contributed by atoms with Gasteiger partial charge in [0.15, 0.2) is 0 Å². The van der Waals surface area contributed by atoms with Crippen LogP contribution in [0.4, 0.5) is 16.2 Å². The fourth-order valence-corrected chi connectivity index (χ4v) is 1.56. The van der Waals surface area contributed by atoms with Crippen LogP contribution < -0.4 is 10.6 Å². The Kier molecular flexibility index (Phi) is 5.04. The normalized spacial score (nSPS) is 13.4. The summed E-state index contributed by atoms with van der Waals surface area (Å²) >= 11 is 0. The highest BCUT2D eigenvalue weighted by Crippen LogP contribution is 2.22. The Morgan fingerprint density at radius 2 is 2.15 bits per heavy atom. The standard InChI is InChI=1S/C13H19N3O4/c1-4-13(3,8-17)15-12(18)14-10-6-5-9(2)11(7-10)16(19)20/h5-7,17H,4,8H2,1-3H3,(H2,14,15,18). The number of nitrogens with zero attached hydrogens (tertiary/aromatic N) is 1. The van der Waals surface area contributed by atoms with Gasteiger partial charge in [-0.05, 0) is 26.3 Å². The minimum atomic E-state index is -0.722. The first-order valence-corrected chi connectivity index (χ1v) is 6.26. The predicted molar refractivity (Wildman–Crippen MR) is 75.8 cm³/mol. The third-order valence-electron chi connectivity index (χ3n) is 3.21. The van der Waals surface area contributed by atoms with Crippen LogP contribution in [0.5, 0.6) is 0 Å². The third kappa shape index (κ3) is 3.92. The lowest BCUT2D eigenvalue weighted by Gasteiger charge is -2.27. The van der Waals surface area contributed by atoms with Crippen molar-refractivity contribution in [2.24, 2.45) is 0 Å². The number of nitro benzene ring substituents is 1. The molecule has 7 nitrogen and oxygen atoms in total. The number of urea groups is 1. The summed E-state index contributed by atoms with van der Waals surface area (Å²) in [6.07, 6.45) is 0.560. The molecule has 0 heterocycles. The zero-order chi connectivity index (χ0) is 15.3. The molecule has 0 aliphatic heterocycles. The predicted octanol–water partition coefficient (Wildman–Crippen LogP) is 2.19. The maximum absolute atomic E-state index is 11.8. The summed E-state index contributed by atoms with van der Waals surface area (Å²) in [7, 11) is 0. The Morgan fingerprint density at radius 3 is 2.65 bits per heavy atom. The molecule has 0 radical (unpaired) electrons. The van der Waals surface area contributed by atoms with Gasteiger partial charge in [-0.3, -0.25) is 10.1 Å². The van der Waals surface area contributed by atoms with Crippen LogP contribution in [0.2, 0.25) is 0 Å². The fraction of sp³-hybridized carbons (Fsp3) is 0.462. The number of aryl methyl sites for hydroxylation is 1. The number of carbonyl (C=O) groups is 1. The van der Waals surface area contributed by atoms with Crippen molar-refractivity contribution in [1.82, 2.24) is 5.32 Å². The molecule has 7 heteroatoms. The lowest BCUT2D eigenvalue weighted by Crippen LogP contribution is -2.50. The molecule has 0 aromatic heterocycles. The minimum absolute atomic E-state index is 0.0526. The lowest BCUT2D eigenvalue weighted by atomic mass is 10.0. The molecule has 0 bridgehead atoms. The minimum Gasteiger partial charge on any atom is -0.394 e. The number of aliphatic hydroxyl groups excluding tert-OH is 1. The molecule has 3 N–H and O–H groups in total. The van der Waals surface area contributed by atoms with E-state index in [1.165, 1.54) is 6.07 Å². The van der Waals surface area contributed by atoms with Crippen LogP contribution >= 0.6 is 0 Å². The van der Waals surface area contributed by atoms with E-state index in [0.29, 0.717) is 17.7 Å². The Hall–Kier alpha value is -2.15. The van der Waals surface area contributed by atoms with E-state index in [4.69, 9.17) is 0 Å². The molecule has 1 unspecified atom stereocenters. The van der Waals surface area contributed by atoms with Gasteiger partial charge >= 0.3 is 6.03 Å². The molecule has 0 saturated carbocycles. The van der Waals surface area contributed by atoms with E-state index >= 15 is 0 Å². The number of rotatable bonds is 5. The molecule has 2 amide bonds. The van der Waals surface area contributed by atoms with E-state index in [1.807, 2.05) is 6.92 Å². The van der Waals surface area contributed by atoms with Crippen LogP contribution in [-0.4, -0.2) is 28.2 Å². The van der Waals surface area contributed by atoms with E-state index in [0.717, 1.165) is 0 Å². The molecular formula is C13H19N3O4. The maximum atomic E-state index is 11.8. The number of carbonyl (C=O) groups excluding carboxylic acids is 1. The zero-order valence-electron chi connectivity index (χ0n) is 11.8. The highest BCUT2D eigenvalue weighted by molar-refractivity contribution is 5.90. The van der Waals surface area contributed by atoms with Crippen molar-refractivity contribution in [2.45, 2.75) is 32.7 Å². The van der Waals surface area contributed by atoms with Crippen molar-refractivity contribution in [3.63, 3.8) is 0 Å². The Bertz CT molecular complexity index is 512. The molecule has 1 aromatic rings. The summed E-state index contributed by atoms with van der Waals surface area (Å²) in [5.41, 5.74) is 0.0786. The second-order valence-corrected chi connectivity index (χ2v) is 4.91. The van der Waals surface area contributed by atoms with Crippen molar-refractivity contribution < 1.29 is 14.8 Å². The average molecular weight is 281 g/mol. The fourth-order valence-electron chi connectivity index (χ4n) is 1.56. The van der Waals surface area contributed by atoms with Gasteiger partial charge in [-0.25, -0.2) is 4.79 Å². The molecule has 0 fully saturated rings. The summed E-state index contributed by atoms with van der Waals surface area (Å²) in [6.45, 7) is 4.99. The molecule has 0 aliphatic rings. The number of nitro groups is 1. The SMILES string of the molecule is CCC(C)(CO)NC(=O)Nc1ccc(C)c([N+](=O)[O-])c1. The molecule has 0 saturated heterocycles. The van der Waals surface area contributed by atoms with Crippen LogP contribution in [0.25, 0.3) is 0 Å². The molecule has 0 spiro atoms. The number of anilines is 1. The Labute approximate surface area is 117 Å². The van der Waals surface area contributed by atoms with Gasteiger partial charge in [0.2, 0.25) is 0 Å². The molecule has 1 atom stereocenters. The maximum Gasteiger partial charge on any atom is 0.319 e. The molecule has 0 aliphatic carbocycles. The Balaban J connectivity index is 2.81. The van der Waals surface area contributed by atoms with Crippen LogP contribution in [0.3, 0.4) is 0 Å². The first-order valence-electron chi connectivity index (χ1n) is 6.26. The van der Waals surface area contributed by atoms with Crippen molar-refractivity contribution in [3.05, 3.63) is 33.9 Å². The highest BCUT2D eigenvalue weighted by Gasteiger charge is 2.23. The van der Waals surface area contributed by atoms with Gasteiger partial charge < -0.3 is 15.7 Å².